The summed E-state index contributed by atoms with van der Waals surface area (Å²) in [6.07, 6.45) is 1.40. The van der Waals surface area contributed by atoms with Gasteiger partial charge < -0.3 is 5.11 Å². The third-order valence-electron chi connectivity index (χ3n) is 3.29. The van der Waals surface area contributed by atoms with Gasteiger partial charge in [-0.25, -0.2) is 9.48 Å². The normalized spacial score (nSPS) is 10.5. The number of aromatic carboxylic acids is 1. The number of carboxylic acid groups (broad SMARTS) is 1. The average Bonchev–Trinajstić information content (AvgIpc) is 2.93. The molecule has 0 aliphatic heterocycles. The summed E-state index contributed by atoms with van der Waals surface area (Å²) < 4.78 is 1.66. The van der Waals surface area contributed by atoms with Crippen molar-refractivity contribution in [3.8, 4) is 16.9 Å². The standard InChI is InChI=1S/C17H14N2O2/c1-12-6-5-7-13(10-12)16-15(17(20)21)11-18-19(16)14-8-3-2-4-9-14/h2-11H,1H3,(H,20,21). The maximum atomic E-state index is 11.5. The highest BCUT2D eigenvalue weighted by atomic mass is 16.4. The fraction of sp³-hybridized carbons (Fsp3) is 0.0588. The van der Waals surface area contributed by atoms with E-state index in [0.29, 0.717) is 5.69 Å². The van der Waals surface area contributed by atoms with Gasteiger partial charge in [-0.1, -0.05) is 42.0 Å². The number of carbonyl (C=O) groups is 1. The highest BCUT2D eigenvalue weighted by Crippen LogP contribution is 2.27. The smallest absolute Gasteiger partial charge is 0.339 e. The molecule has 0 aliphatic carbocycles. The molecule has 21 heavy (non-hydrogen) atoms. The summed E-state index contributed by atoms with van der Waals surface area (Å²) in [5, 5.41) is 13.7. The highest BCUT2D eigenvalue weighted by molar-refractivity contribution is 5.95. The zero-order valence-electron chi connectivity index (χ0n) is 11.5. The Morgan fingerprint density at radius 2 is 1.86 bits per heavy atom. The molecule has 0 unspecified atom stereocenters. The molecule has 0 atom stereocenters. The van der Waals surface area contributed by atoms with Gasteiger partial charge in [-0.05, 0) is 25.1 Å². The Kier molecular flexibility index (Phi) is 3.28. The molecule has 104 valence electrons. The second-order valence-electron chi connectivity index (χ2n) is 4.83. The van der Waals surface area contributed by atoms with E-state index in [-0.39, 0.29) is 5.56 Å². The van der Waals surface area contributed by atoms with Crippen molar-refractivity contribution in [1.82, 2.24) is 9.78 Å². The molecule has 3 rings (SSSR count). The summed E-state index contributed by atoms with van der Waals surface area (Å²) >= 11 is 0. The van der Waals surface area contributed by atoms with Crippen LogP contribution in [0.4, 0.5) is 0 Å². The molecule has 3 aromatic rings. The van der Waals surface area contributed by atoms with Gasteiger partial charge in [0.15, 0.2) is 0 Å². The van der Waals surface area contributed by atoms with Crippen LogP contribution in [0.1, 0.15) is 15.9 Å². The van der Waals surface area contributed by atoms with Crippen molar-refractivity contribution >= 4 is 5.97 Å². The van der Waals surface area contributed by atoms with Gasteiger partial charge in [0.1, 0.15) is 5.56 Å². The van der Waals surface area contributed by atoms with Crippen molar-refractivity contribution in [3.63, 3.8) is 0 Å². The number of rotatable bonds is 3. The number of aryl methyl sites for hydroxylation is 1. The van der Waals surface area contributed by atoms with E-state index in [9.17, 15) is 9.90 Å². The number of para-hydroxylation sites is 1. The molecule has 4 nitrogen and oxygen atoms in total. The molecule has 1 aromatic heterocycles. The largest absolute Gasteiger partial charge is 0.478 e. The molecule has 1 N–H and O–H groups in total. The molecule has 4 heteroatoms. The van der Waals surface area contributed by atoms with Crippen molar-refractivity contribution in [2.24, 2.45) is 0 Å². The van der Waals surface area contributed by atoms with Gasteiger partial charge in [0, 0.05) is 5.56 Å². The van der Waals surface area contributed by atoms with Gasteiger partial charge in [-0.2, -0.15) is 5.10 Å². The lowest BCUT2D eigenvalue weighted by atomic mass is 10.1. The molecule has 0 amide bonds. The summed E-state index contributed by atoms with van der Waals surface area (Å²) in [7, 11) is 0. The average molecular weight is 278 g/mol. The second-order valence-corrected chi connectivity index (χ2v) is 4.83. The van der Waals surface area contributed by atoms with Crippen molar-refractivity contribution in [2.45, 2.75) is 6.92 Å². The molecule has 0 bridgehead atoms. The van der Waals surface area contributed by atoms with E-state index in [1.165, 1.54) is 6.20 Å². The predicted octanol–water partition coefficient (Wildman–Crippen LogP) is 3.55. The molecule has 0 saturated carbocycles. The van der Waals surface area contributed by atoms with E-state index in [4.69, 9.17) is 0 Å². The van der Waals surface area contributed by atoms with Gasteiger partial charge in [-0.15, -0.1) is 0 Å². The summed E-state index contributed by atoms with van der Waals surface area (Å²) in [6, 6.07) is 17.3. The van der Waals surface area contributed by atoms with Crippen LogP contribution in [-0.2, 0) is 0 Å². The Balaban J connectivity index is 2.26. The zero-order chi connectivity index (χ0) is 14.8. The first-order chi connectivity index (χ1) is 10.2. The molecular weight excluding hydrogens is 264 g/mol. The summed E-state index contributed by atoms with van der Waals surface area (Å²) in [6.45, 7) is 1.98. The van der Waals surface area contributed by atoms with Gasteiger partial charge >= 0.3 is 5.97 Å². The van der Waals surface area contributed by atoms with Gasteiger partial charge in [-0.3, -0.25) is 0 Å². The van der Waals surface area contributed by atoms with Crippen LogP contribution in [0.5, 0.6) is 0 Å². The first-order valence-electron chi connectivity index (χ1n) is 6.60. The van der Waals surface area contributed by atoms with Crippen LogP contribution < -0.4 is 0 Å². The Labute approximate surface area is 122 Å². The van der Waals surface area contributed by atoms with Gasteiger partial charge in [0.05, 0.1) is 17.6 Å². The van der Waals surface area contributed by atoms with E-state index < -0.39 is 5.97 Å². The number of nitrogens with zero attached hydrogens (tertiary/aromatic N) is 2. The Morgan fingerprint density at radius 3 is 2.52 bits per heavy atom. The summed E-state index contributed by atoms with van der Waals surface area (Å²) in [5.41, 5.74) is 3.54. The van der Waals surface area contributed by atoms with Gasteiger partial charge in [0.2, 0.25) is 0 Å². The molecule has 0 aliphatic rings. The number of carboxylic acids is 1. The van der Waals surface area contributed by atoms with Crippen LogP contribution >= 0.6 is 0 Å². The monoisotopic (exact) mass is 278 g/mol. The minimum atomic E-state index is -0.978. The minimum absolute atomic E-state index is 0.199. The lowest BCUT2D eigenvalue weighted by Gasteiger charge is -2.09. The van der Waals surface area contributed by atoms with Crippen LogP contribution in [0, 0.1) is 6.92 Å². The SMILES string of the molecule is Cc1cccc(-c2c(C(=O)O)cnn2-c2ccccc2)c1. The quantitative estimate of drug-likeness (QED) is 0.797. The highest BCUT2D eigenvalue weighted by Gasteiger charge is 2.19. The van der Waals surface area contributed by atoms with Crippen molar-refractivity contribution in [1.29, 1.82) is 0 Å². The fourth-order valence-electron chi connectivity index (χ4n) is 2.34. The molecule has 0 fully saturated rings. The Bertz CT molecular complexity index is 792. The number of benzene rings is 2. The molecule has 1 heterocycles. The van der Waals surface area contributed by atoms with Crippen molar-refractivity contribution in [3.05, 3.63) is 71.9 Å². The lowest BCUT2D eigenvalue weighted by molar-refractivity contribution is 0.0697. The van der Waals surface area contributed by atoms with Gasteiger partial charge in [0.25, 0.3) is 0 Å². The summed E-state index contributed by atoms with van der Waals surface area (Å²) in [5.74, 6) is -0.978. The maximum absolute atomic E-state index is 11.5. The van der Waals surface area contributed by atoms with Crippen LogP contribution in [0.15, 0.2) is 60.8 Å². The van der Waals surface area contributed by atoms with Crippen LogP contribution in [0.25, 0.3) is 16.9 Å². The third-order valence-corrected chi connectivity index (χ3v) is 3.29. The van der Waals surface area contributed by atoms with Crippen molar-refractivity contribution < 1.29 is 9.90 Å². The Morgan fingerprint density at radius 1 is 1.10 bits per heavy atom. The molecule has 0 radical (unpaired) electrons. The maximum Gasteiger partial charge on any atom is 0.339 e. The first kappa shape index (κ1) is 13.1. The number of hydrogen-bond donors (Lipinski definition) is 1. The van der Waals surface area contributed by atoms with E-state index in [2.05, 4.69) is 5.10 Å². The lowest BCUT2D eigenvalue weighted by Crippen LogP contribution is -2.03. The minimum Gasteiger partial charge on any atom is -0.478 e. The molecule has 2 aromatic carbocycles. The molecule has 0 saturated heterocycles. The summed E-state index contributed by atoms with van der Waals surface area (Å²) in [4.78, 5) is 11.5. The number of hydrogen-bond acceptors (Lipinski definition) is 2. The van der Waals surface area contributed by atoms with Crippen molar-refractivity contribution in [2.75, 3.05) is 0 Å². The third kappa shape index (κ3) is 2.43. The predicted molar refractivity (Wildman–Crippen MR) is 80.7 cm³/mol. The van der Waals surface area contributed by atoms with Crippen LogP contribution in [-0.4, -0.2) is 20.9 Å². The van der Waals surface area contributed by atoms with E-state index in [1.807, 2.05) is 61.5 Å². The van der Waals surface area contributed by atoms with E-state index in [0.717, 1.165) is 16.8 Å². The number of aromatic nitrogens is 2. The Hall–Kier alpha value is -2.88. The fourth-order valence-corrected chi connectivity index (χ4v) is 2.34. The molecule has 0 spiro atoms. The zero-order valence-corrected chi connectivity index (χ0v) is 11.5. The first-order valence-corrected chi connectivity index (χ1v) is 6.60. The molecular formula is C17H14N2O2. The van der Waals surface area contributed by atoms with Crippen LogP contribution in [0.3, 0.4) is 0 Å². The van der Waals surface area contributed by atoms with E-state index in [1.54, 1.807) is 4.68 Å². The van der Waals surface area contributed by atoms with E-state index >= 15 is 0 Å². The topological polar surface area (TPSA) is 55.1 Å². The van der Waals surface area contributed by atoms with Crippen LogP contribution in [0.2, 0.25) is 0 Å². The second kappa shape index (κ2) is 5.25.